The highest BCUT2D eigenvalue weighted by molar-refractivity contribution is 5.95. The Balaban J connectivity index is 2.21. The normalized spacial score (nSPS) is 11.8. The maximum Gasteiger partial charge on any atom is 0.308 e. The number of methoxy groups -OCH3 is 1. The van der Waals surface area contributed by atoms with Gasteiger partial charge in [0.05, 0.1) is 31.8 Å². The van der Waals surface area contributed by atoms with Gasteiger partial charge in [-0.3, -0.25) is 9.59 Å². The van der Waals surface area contributed by atoms with E-state index < -0.39 is 6.04 Å². The van der Waals surface area contributed by atoms with Gasteiger partial charge in [-0.2, -0.15) is 0 Å². The van der Waals surface area contributed by atoms with Crippen LogP contribution in [0.2, 0.25) is 0 Å². The Morgan fingerprint density at radius 3 is 2.21 bits per heavy atom. The summed E-state index contributed by atoms with van der Waals surface area (Å²) in [5, 5.41) is 2.93. The molecular formula is C23H29NO5. The highest BCUT2D eigenvalue weighted by Gasteiger charge is 2.21. The Kier molecular flexibility index (Phi) is 8.07. The van der Waals surface area contributed by atoms with Crippen LogP contribution >= 0.6 is 0 Å². The number of carbonyl (C=O) groups is 2. The Morgan fingerprint density at radius 2 is 1.62 bits per heavy atom. The fourth-order valence-corrected chi connectivity index (χ4v) is 2.82. The van der Waals surface area contributed by atoms with Crippen LogP contribution in [0.15, 0.2) is 48.5 Å². The maximum atomic E-state index is 12.9. The molecule has 0 heterocycles. The van der Waals surface area contributed by atoms with E-state index in [1.165, 1.54) is 7.11 Å². The molecule has 0 radical (unpaired) electrons. The van der Waals surface area contributed by atoms with Crippen LogP contribution in [0.1, 0.15) is 56.1 Å². The highest BCUT2D eigenvalue weighted by atomic mass is 16.5. The van der Waals surface area contributed by atoms with Crippen molar-refractivity contribution in [2.24, 2.45) is 0 Å². The van der Waals surface area contributed by atoms with Crippen molar-refractivity contribution in [3.8, 4) is 11.5 Å². The van der Waals surface area contributed by atoms with E-state index in [0.717, 1.165) is 5.56 Å². The number of hydrogen-bond acceptors (Lipinski definition) is 5. The molecule has 0 fully saturated rings. The average Bonchev–Trinajstić information content (AvgIpc) is 2.67. The molecule has 0 aliphatic carbocycles. The van der Waals surface area contributed by atoms with Gasteiger partial charge >= 0.3 is 5.97 Å². The molecule has 1 atom stereocenters. The predicted octanol–water partition coefficient (Wildman–Crippen LogP) is 4.30. The third kappa shape index (κ3) is 6.82. The van der Waals surface area contributed by atoms with E-state index >= 15 is 0 Å². The van der Waals surface area contributed by atoms with Crippen LogP contribution in [0.25, 0.3) is 0 Å². The second kappa shape index (κ2) is 10.5. The Hall–Kier alpha value is -3.02. The third-order valence-corrected chi connectivity index (χ3v) is 4.03. The van der Waals surface area contributed by atoms with Crippen LogP contribution < -0.4 is 14.8 Å². The van der Waals surface area contributed by atoms with Crippen molar-refractivity contribution < 1.29 is 23.8 Å². The molecule has 0 aromatic heterocycles. The summed E-state index contributed by atoms with van der Waals surface area (Å²) in [4.78, 5) is 25.1. The van der Waals surface area contributed by atoms with Crippen molar-refractivity contribution in [1.82, 2.24) is 5.32 Å². The van der Waals surface area contributed by atoms with E-state index in [2.05, 4.69) is 5.32 Å². The van der Waals surface area contributed by atoms with Gasteiger partial charge < -0.3 is 19.5 Å². The monoisotopic (exact) mass is 399 g/mol. The summed E-state index contributed by atoms with van der Waals surface area (Å²) in [5.41, 5.74) is 1.24. The van der Waals surface area contributed by atoms with Crippen LogP contribution in [0.5, 0.6) is 11.5 Å². The molecule has 1 amide bonds. The van der Waals surface area contributed by atoms with E-state index in [1.54, 1.807) is 32.0 Å². The largest absolute Gasteiger partial charge is 0.493 e. The third-order valence-electron chi connectivity index (χ3n) is 4.03. The molecule has 0 saturated carbocycles. The SMILES string of the molecule is COc1cc(C(=O)NC(CC(=O)OC(C)C)c2ccccc2)ccc1OC(C)C. The fourth-order valence-electron chi connectivity index (χ4n) is 2.82. The van der Waals surface area contributed by atoms with Crippen molar-refractivity contribution in [3.05, 3.63) is 59.7 Å². The van der Waals surface area contributed by atoms with Gasteiger partial charge in [-0.05, 0) is 51.5 Å². The second-order valence-corrected chi connectivity index (χ2v) is 7.21. The fraction of sp³-hybridized carbons (Fsp3) is 0.391. The predicted molar refractivity (Wildman–Crippen MR) is 111 cm³/mol. The number of rotatable bonds is 9. The van der Waals surface area contributed by atoms with Crippen molar-refractivity contribution >= 4 is 11.9 Å². The summed E-state index contributed by atoms with van der Waals surface area (Å²) in [5.74, 6) is 0.360. The molecule has 2 rings (SSSR count). The zero-order valence-electron chi connectivity index (χ0n) is 17.6. The quantitative estimate of drug-likeness (QED) is 0.637. The molecule has 6 heteroatoms. The van der Waals surface area contributed by atoms with Crippen LogP contribution in [-0.2, 0) is 9.53 Å². The number of hydrogen-bond donors (Lipinski definition) is 1. The summed E-state index contributed by atoms with van der Waals surface area (Å²) in [6.07, 6.45) is -0.190. The van der Waals surface area contributed by atoms with Gasteiger partial charge in [0, 0.05) is 5.56 Å². The van der Waals surface area contributed by atoms with Crippen molar-refractivity contribution in [2.45, 2.75) is 52.4 Å². The first-order valence-corrected chi connectivity index (χ1v) is 9.70. The summed E-state index contributed by atoms with van der Waals surface area (Å²) in [7, 11) is 1.53. The summed E-state index contributed by atoms with van der Waals surface area (Å²) < 4.78 is 16.3. The lowest BCUT2D eigenvalue weighted by Gasteiger charge is -2.20. The van der Waals surface area contributed by atoms with Crippen LogP contribution in [0, 0.1) is 0 Å². The summed E-state index contributed by atoms with van der Waals surface area (Å²) in [6, 6.07) is 13.8. The molecule has 2 aromatic rings. The van der Waals surface area contributed by atoms with E-state index in [4.69, 9.17) is 14.2 Å². The lowest BCUT2D eigenvalue weighted by Crippen LogP contribution is -2.31. The van der Waals surface area contributed by atoms with Gasteiger partial charge in [0.25, 0.3) is 5.91 Å². The minimum absolute atomic E-state index is 0.0157. The number of carbonyl (C=O) groups excluding carboxylic acids is 2. The Morgan fingerprint density at radius 1 is 0.931 bits per heavy atom. The van der Waals surface area contributed by atoms with E-state index in [0.29, 0.717) is 17.1 Å². The summed E-state index contributed by atoms with van der Waals surface area (Å²) >= 11 is 0. The first-order chi connectivity index (χ1) is 13.8. The van der Waals surface area contributed by atoms with E-state index in [9.17, 15) is 9.59 Å². The van der Waals surface area contributed by atoms with Gasteiger partial charge in [0.2, 0.25) is 0 Å². The molecule has 0 spiro atoms. The van der Waals surface area contributed by atoms with Crippen LogP contribution in [-0.4, -0.2) is 31.2 Å². The smallest absolute Gasteiger partial charge is 0.308 e. The number of amides is 1. The number of nitrogens with one attached hydrogen (secondary N) is 1. The van der Waals surface area contributed by atoms with Gasteiger partial charge in [-0.25, -0.2) is 0 Å². The molecule has 2 aromatic carbocycles. The number of ether oxygens (including phenoxy) is 3. The topological polar surface area (TPSA) is 73.9 Å². The molecule has 156 valence electrons. The van der Waals surface area contributed by atoms with Crippen LogP contribution in [0.4, 0.5) is 0 Å². The van der Waals surface area contributed by atoms with Gasteiger partial charge in [0.1, 0.15) is 0 Å². The summed E-state index contributed by atoms with van der Waals surface area (Å²) in [6.45, 7) is 7.42. The molecule has 0 aliphatic rings. The Bertz CT molecular complexity index is 817. The van der Waals surface area contributed by atoms with E-state index in [-0.39, 0.29) is 30.5 Å². The van der Waals surface area contributed by atoms with Crippen molar-refractivity contribution in [3.63, 3.8) is 0 Å². The molecule has 29 heavy (non-hydrogen) atoms. The van der Waals surface area contributed by atoms with Gasteiger partial charge in [-0.15, -0.1) is 0 Å². The Labute approximate surface area is 172 Å². The molecule has 1 unspecified atom stereocenters. The van der Waals surface area contributed by atoms with Gasteiger partial charge in [-0.1, -0.05) is 30.3 Å². The minimum atomic E-state index is -0.507. The van der Waals surface area contributed by atoms with Gasteiger partial charge in [0.15, 0.2) is 11.5 Å². The highest BCUT2D eigenvalue weighted by Crippen LogP contribution is 2.29. The lowest BCUT2D eigenvalue weighted by molar-refractivity contribution is -0.147. The molecule has 6 nitrogen and oxygen atoms in total. The number of benzene rings is 2. The molecular weight excluding hydrogens is 370 g/mol. The first-order valence-electron chi connectivity index (χ1n) is 9.70. The zero-order valence-corrected chi connectivity index (χ0v) is 17.6. The van der Waals surface area contributed by atoms with Crippen molar-refractivity contribution in [2.75, 3.05) is 7.11 Å². The zero-order chi connectivity index (χ0) is 21.4. The lowest BCUT2D eigenvalue weighted by atomic mass is 10.0. The van der Waals surface area contributed by atoms with Crippen molar-refractivity contribution in [1.29, 1.82) is 0 Å². The minimum Gasteiger partial charge on any atom is -0.493 e. The van der Waals surface area contributed by atoms with E-state index in [1.807, 2.05) is 44.2 Å². The standard InChI is InChI=1S/C23H29NO5/c1-15(2)28-20-12-11-18(13-21(20)27-5)23(26)24-19(14-22(25)29-16(3)4)17-9-7-6-8-10-17/h6-13,15-16,19H,14H2,1-5H3,(H,24,26). The average molecular weight is 399 g/mol. The molecule has 0 saturated heterocycles. The molecule has 0 bridgehead atoms. The second-order valence-electron chi connectivity index (χ2n) is 7.21. The van der Waals surface area contributed by atoms with Crippen LogP contribution in [0.3, 0.4) is 0 Å². The molecule has 0 aliphatic heterocycles. The maximum absolute atomic E-state index is 12.9. The number of esters is 1. The first kappa shape index (κ1) is 22.3. The molecule has 1 N–H and O–H groups in total.